The maximum Gasteiger partial charge on any atom is 0.307 e. The maximum absolute atomic E-state index is 12.2. The van der Waals surface area contributed by atoms with E-state index in [4.69, 9.17) is 4.74 Å². The summed E-state index contributed by atoms with van der Waals surface area (Å²) in [6, 6.07) is 0. The number of carboxylic acids is 1. The van der Waals surface area contributed by atoms with E-state index in [1.165, 1.54) is 0 Å². The predicted molar refractivity (Wildman–Crippen MR) is 74.2 cm³/mol. The summed E-state index contributed by atoms with van der Waals surface area (Å²) in [5.41, 5.74) is 0. The average molecular weight is 283 g/mol. The van der Waals surface area contributed by atoms with Crippen LogP contribution < -0.4 is 5.32 Å². The van der Waals surface area contributed by atoms with Crippen molar-refractivity contribution in [3.8, 4) is 0 Å². The summed E-state index contributed by atoms with van der Waals surface area (Å²) in [5.74, 6) is -1.43. The first-order valence-corrected chi connectivity index (χ1v) is 7.74. The second kappa shape index (κ2) is 7.07. The minimum absolute atomic E-state index is 0.0913. The van der Waals surface area contributed by atoms with Gasteiger partial charge in [0.15, 0.2) is 0 Å². The molecule has 2 rings (SSSR count). The Labute approximate surface area is 120 Å². The standard InChI is InChI=1S/C15H25NO4/c1-2-10-8-12(13(9-10)15(18)19)14(17)16-6-5-11-4-3-7-20-11/h10-13H,2-9H2,1H3,(H,16,17)(H,18,19). The van der Waals surface area contributed by atoms with Crippen LogP contribution in [0.4, 0.5) is 0 Å². The number of rotatable bonds is 6. The highest BCUT2D eigenvalue weighted by molar-refractivity contribution is 5.85. The molecule has 114 valence electrons. The summed E-state index contributed by atoms with van der Waals surface area (Å²) >= 11 is 0. The van der Waals surface area contributed by atoms with Crippen LogP contribution in [0.2, 0.25) is 0 Å². The van der Waals surface area contributed by atoms with E-state index in [0.717, 1.165) is 32.3 Å². The van der Waals surface area contributed by atoms with E-state index in [1.54, 1.807) is 0 Å². The van der Waals surface area contributed by atoms with Crippen molar-refractivity contribution in [2.45, 2.75) is 51.6 Å². The van der Waals surface area contributed by atoms with Gasteiger partial charge in [-0.3, -0.25) is 9.59 Å². The minimum Gasteiger partial charge on any atom is -0.481 e. The fourth-order valence-electron chi connectivity index (χ4n) is 3.40. The molecular weight excluding hydrogens is 258 g/mol. The van der Waals surface area contributed by atoms with Gasteiger partial charge in [0.1, 0.15) is 0 Å². The van der Waals surface area contributed by atoms with Gasteiger partial charge in [-0.1, -0.05) is 13.3 Å². The van der Waals surface area contributed by atoms with E-state index in [0.29, 0.717) is 25.3 Å². The minimum atomic E-state index is -0.833. The molecule has 1 amide bonds. The van der Waals surface area contributed by atoms with Crippen LogP contribution in [-0.2, 0) is 14.3 Å². The second-order valence-electron chi connectivity index (χ2n) is 6.01. The molecule has 4 unspecified atom stereocenters. The van der Waals surface area contributed by atoms with E-state index in [2.05, 4.69) is 12.2 Å². The van der Waals surface area contributed by atoms with Gasteiger partial charge in [0.05, 0.1) is 17.9 Å². The van der Waals surface area contributed by atoms with Crippen molar-refractivity contribution >= 4 is 11.9 Å². The van der Waals surface area contributed by atoms with Crippen LogP contribution in [0.5, 0.6) is 0 Å². The van der Waals surface area contributed by atoms with Crippen molar-refractivity contribution in [3.05, 3.63) is 0 Å². The number of carbonyl (C=O) groups excluding carboxylic acids is 1. The van der Waals surface area contributed by atoms with E-state index >= 15 is 0 Å². The Balaban J connectivity index is 1.79. The third kappa shape index (κ3) is 3.72. The molecule has 20 heavy (non-hydrogen) atoms. The largest absolute Gasteiger partial charge is 0.481 e. The Hall–Kier alpha value is -1.10. The molecule has 5 nitrogen and oxygen atoms in total. The molecule has 1 heterocycles. The van der Waals surface area contributed by atoms with Crippen molar-refractivity contribution in [3.63, 3.8) is 0 Å². The van der Waals surface area contributed by atoms with E-state index in [9.17, 15) is 14.7 Å². The summed E-state index contributed by atoms with van der Waals surface area (Å²) in [6.07, 6.45) is 5.54. The molecule has 0 aromatic carbocycles. The van der Waals surface area contributed by atoms with E-state index in [1.807, 2.05) is 0 Å². The second-order valence-corrected chi connectivity index (χ2v) is 6.01. The molecule has 0 aromatic heterocycles. The zero-order valence-corrected chi connectivity index (χ0v) is 12.1. The van der Waals surface area contributed by atoms with Crippen molar-refractivity contribution in [2.24, 2.45) is 17.8 Å². The molecule has 1 aliphatic carbocycles. The number of hydrogen-bond acceptors (Lipinski definition) is 3. The summed E-state index contributed by atoms with van der Waals surface area (Å²) in [5, 5.41) is 12.1. The van der Waals surface area contributed by atoms with Crippen LogP contribution >= 0.6 is 0 Å². The molecule has 1 aliphatic heterocycles. The van der Waals surface area contributed by atoms with Gasteiger partial charge in [-0.05, 0) is 38.0 Å². The maximum atomic E-state index is 12.2. The first kappa shape index (κ1) is 15.3. The van der Waals surface area contributed by atoms with Crippen LogP contribution in [0.25, 0.3) is 0 Å². The van der Waals surface area contributed by atoms with Gasteiger partial charge in [-0.15, -0.1) is 0 Å². The molecule has 0 radical (unpaired) electrons. The molecular formula is C15H25NO4. The summed E-state index contributed by atoms with van der Waals surface area (Å²) in [6.45, 7) is 3.46. The highest BCUT2D eigenvalue weighted by Crippen LogP contribution is 2.38. The Morgan fingerprint density at radius 2 is 2.05 bits per heavy atom. The molecule has 0 aromatic rings. The van der Waals surface area contributed by atoms with Gasteiger partial charge in [0.25, 0.3) is 0 Å². The van der Waals surface area contributed by atoms with Crippen LogP contribution in [0.15, 0.2) is 0 Å². The topological polar surface area (TPSA) is 75.6 Å². The SMILES string of the molecule is CCC1CC(C(=O)O)C(C(=O)NCCC2CCCO2)C1. The predicted octanol–water partition coefficient (Wildman–Crippen LogP) is 1.81. The fourth-order valence-corrected chi connectivity index (χ4v) is 3.40. The lowest BCUT2D eigenvalue weighted by atomic mass is 9.95. The number of amides is 1. The lowest BCUT2D eigenvalue weighted by Crippen LogP contribution is -2.36. The number of ether oxygens (including phenoxy) is 1. The monoisotopic (exact) mass is 283 g/mol. The third-order valence-electron chi connectivity index (χ3n) is 4.68. The molecule has 1 saturated carbocycles. The zero-order valence-electron chi connectivity index (χ0n) is 12.1. The fraction of sp³-hybridized carbons (Fsp3) is 0.867. The van der Waals surface area contributed by atoms with Crippen LogP contribution in [0.3, 0.4) is 0 Å². The first-order chi connectivity index (χ1) is 9.61. The quantitative estimate of drug-likeness (QED) is 0.779. The van der Waals surface area contributed by atoms with Gasteiger partial charge >= 0.3 is 5.97 Å². The Kier molecular flexibility index (Phi) is 5.40. The van der Waals surface area contributed by atoms with Crippen molar-refractivity contribution in [1.82, 2.24) is 5.32 Å². The van der Waals surface area contributed by atoms with Crippen molar-refractivity contribution in [2.75, 3.05) is 13.2 Å². The summed E-state index contributed by atoms with van der Waals surface area (Å²) < 4.78 is 5.51. The lowest BCUT2D eigenvalue weighted by molar-refractivity contribution is -0.146. The Morgan fingerprint density at radius 3 is 2.65 bits per heavy atom. The molecule has 2 fully saturated rings. The van der Waals surface area contributed by atoms with E-state index < -0.39 is 11.9 Å². The molecule has 2 aliphatic rings. The number of aliphatic carboxylic acids is 1. The van der Waals surface area contributed by atoms with Gasteiger partial charge in [-0.2, -0.15) is 0 Å². The highest BCUT2D eigenvalue weighted by atomic mass is 16.5. The molecule has 0 bridgehead atoms. The first-order valence-electron chi connectivity index (χ1n) is 7.74. The molecule has 0 spiro atoms. The average Bonchev–Trinajstić information content (AvgIpc) is 3.07. The number of nitrogens with one attached hydrogen (secondary N) is 1. The molecule has 4 atom stereocenters. The van der Waals surface area contributed by atoms with Crippen molar-refractivity contribution < 1.29 is 19.4 Å². The molecule has 5 heteroatoms. The molecule has 2 N–H and O–H groups in total. The number of hydrogen-bond donors (Lipinski definition) is 2. The zero-order chi connectivity index (χ0) is 14.5. The Morgan fingerprint density at radius 1 is 1.30 bits per heavy atom. The van der Waals surface area contributed by atoms with E-state index in [-0.39, 0.29) is 17.9 Å². The van der Waals surface area contributed by atoms with Gasteiger partial charge < -0.3 is 15.2 Å². The molecule has 1 saturated heterocycles. The highest BCUT2D eigenvalue weighted by Gasteiger charge is 2.41. The third-order valence-corrected chi connectivity index (χ3v) is 4.68. The van der Waals surface area contributed by atoms with Gasteiger partial charge in [0.2, 0.25) is 5.91 Å². The number of carbonyl (C=O) groups is 2. The normalized spacial score (nSPS) is 33.2. The lowest BCUT2D eigenvalue weighted by Gasteiger charge is -2.16. The van der Waals surface area contributed by atoms with Crippen LogP contribution in [-0.4, -0.2) is 36.2 Å². The number of carboxylic acid groups (broad SMARTS) is 1. The Bertz CT molecular complexity index is 352. The van der Waals surface area contributed by atoms with Crippen molar-refractivity contribution in [1.29, 1.82) is 0 Å². The van der Waals surface area contributed by atoms with Crippen LogP contribution in [0.1, 0.15) is 45.4 Å². The van der Waals surface area contributed by atoms with Gasteiger partial charge in [-0.25, -0.2) is 0 Å². The summed E-state index contributed by atoms with van der Waals surface area (Å²) in [4.78, 5) is 23.4. The smallest absolute Gasteiger partial charge is 0.307 e. The van der Waals surface area contributed by atoms with Crippen LogP contribution in [0, 0.1) is 17.8 Å². The summed E-state index contributed by atoms with van der Waals surface area (Å²) in [7, 11) is 0. The van der Waals surface area contributed by atoms with Gasteiger partial charge in [0, 0.05) is 13.2 Å².